The molecule has 2 heterocycles. The molecule has 4 nitrogen and oxygen atoms in total. The van der Waals surface area contributed by atoms with E-state index in [1.807, 2.05) is 0 Å². The highest BCUT2D eigenvalue weighted by Crippen LogP contribution is 2.37. The number of nitrogens with one attached hydrogen (secondary N) is 1. The summed E-state index contributed by atoms with van der Waals surface area (Å²) in [6.07, 6.45) is 6.41. The van der Waals surface area contributed by atoms with Crippen LogP contribution in [0.25, 0.3) is 0 Å². The van der Waals surface area contributed by atoms with E-state index >= 15 is 0 Å². The number of ether oxygens (including phenoxy) is 1. The molecule has 3 unspecified atom stereocenters. The first kappa shape index (κ1) is 16.8. The summed E-state index contributed by atoms with van der Waals surface area (Å²) in [6.45, 7) is 9.32. The van der Waals surface area contributed by atoms with E-state index in [1.54, 1.807) is 6.20 Å². The maximum atomic E-state index is 6.46. The Kier molecular flexibility index (Phi) is 6.52. The van der Waals surface area contributed by atoms with Gasteiger partial charge in [0, 0.05) is 19.1 Å². The Bertz CT molecular complexity index is 435. The molecule has 5 heteroatoms. The largest absolute Gasteiger partial charge is 0.378 e. The molecule has 21 heavy (non-hydrogen) atoms. The van der Waals surface area contributed by atoms with Crippen molar-refractivity contribution in [3.05, 3.63) is 16.9 Å². The summed E-state index contributed by atoms with van der Waals surface area (Å²) in [5, 5.41) is 8.93. The minimum Gasteiger partial charge on any atom is -0.378 e. The molecule has 3 atom stereocenters. The zero-order valence-corrected chi connectivity index (χ0v) is 14.2. The average Bonchev–Trinajstić information content (AvgIpc) is 3.09. The first-order chi connectivity index (χ1) is 10.2. The average molecular weight is 314 g/mol. The Hall–Kier alpha value is -0.580. The van der Waals surface area contributed by atoms with Crippen LogP contribution in [0.15, 0.2) is 6.20 Å². The molecule has 1 N–H and O–H groups in total. The van der Waals surface area contributed by atoms with Gasteiger partial charge in [0.2, 0.25) is 0 Å². The van der Waals surface area contributed by atoms with Crippen molar-refractivity contribution in [1.29, 1.82) is 0 Å². The molecule has 0 radical (unpaired) electrons. The predicted molar refractivity (Wildman–Crippen MR) is 86.7 cm³/mol. The molecule has 0 bridgehead atoms. The van der Waals surface area contributed by atoms with Crippen molar-refractivity contribution in [3.8, 4) is 0 Å². The van der Waals surface area contributed by atoms with Crippen molar-refractivity contribution in [1.82, 2.24) is 15.1 Å². The van der Waals surface area contributed by atoms with Crippen LogP contribution < -0.4 is 5.32 Å². The standard InChI is InChI=1S/C16H28ClN3O/c1-4-8-18-15(12-7-10-21-14(12)6-3)16-13(17)11-19-20(16)9-5-2/h11-12,14-15,18H,4-10H2,1-3H3. The summed E-state index contributed by atoms with van der Waals surface area (Å²) in [5.74, 6) is 0.478. The number of hydrogen-bond donors (Lipinski definition) is 1. The quantitative estimate of drug-likeness (QED) is 0.793. The van der Waals surface area contributed by atoms with Crippen molar-refractivity contribution in [2.45, 2.75) is 65.1 Å². The van der Waals surface area contributed by atoms with Gasteiger partial charge in [0.05, 0.1) is 29.1 Å². The molecule has 1 aliphatic heterocycles. The zero-order valence-electron chi connectivity index (χ0n) is 13.4. The molecule has 1 saturated heterocycles. The Morgan fingerprint density at radius 1 is 1.43 bits per heavy atom. The lowest BCUT2D eigenvalue weighted by molar-refractivity contribution is 0.0763. The highest BCUT2D eigenvalue weighted by Gasteiger charge is 2.36. The first-order valence-electron chi connectivity index (χ1n) is 8.29. The number of aromatic nitrogens is 2. The van der Waals surface area contributed by atoms with Crippen LogP contribution in [0.1, 0.15) is 58.2 Å². The van der Waals surface area contributed by atoms with Gasteiger partial charge in [0.15, 0.2) is 0 Å². The third-order valence-corrected chi connectivity index (χ3v) is 4.56. The Balaban J connectivity index is 2.28. The second-order valence-electron chi connectivity index (χ2n) is 5.80. The van der Waals surface area contributed by atoms with Crippen LogP contribution in [0.3, 0.4) is 0 Å². The van der Waals surface area contributed by atoms with Gasteiger partial charge in [-0.25, -0.2) is 0 Å². The second kappa shape index (κ2) is 8.16. The third-order valence-electron chi connectivity index (χ3n) is 4.27. The minimum atomic E-state index is 0.235. The highest BCUT2D eigenvalue weighted by atomic mass is 35.5. The Labute approximate surface area is 133 Å². The minimum absolute atomic E-state index is 0.235. The fourth-order valence-electron chi connectivity index (χ4n) is 3.29. The maximum Gasteiger partial charge on any atom is 0.0834 e. The van der Waals surface area contributed by atoms with Gasteiger partial charge in [0.1, 0.15) is 0 Å². The van der Waals surface area contributed by atoms with E-state index in [9.17, 15) is 0 Å². The zero-order chi connectivity index (χ0) is 15.2. The molecule has 1 aromatic rings. The van der Waals surface area contributed by atoms with E-state index < -0.39 is 0 Å². The van der Waals surface area contributed by atoms with Gasteiger partial charge in [-0.3, -0.25) is 4.68 Å². The van der Waals surface area contributed by atoms with E-state index in [1.165, 1.54) is 0 Å². The molecule has 0 aromatic carbocycles. The number of aryl methyl sites for hydroxylation is 1. The predicted octanol–water partition coefficient (Wildman–Crippen LogP) is 3.80. The number of rotatable bonds is 8. The summed E-state index contributed by atoms with van der Waals surface area (Å²) in [4.78, 5) is 0. The summed E-state index contributed by atoms with van der Waals surface area (Å²) < 4.78 is 7.97. The van der Waals surface area contributed by atoms with Crippen LogP contribution in [0.5, 0.6) is 0 Å². The van der Waals surface area contributed by atoms with Crippen LogP contribution in [-0.4, -0.2) is 29.0 Å². The van der Waals surface area contributed by atoms with Crippen LogP contribution in [0.2, 0.25) is 5.02 Å². The molecule has 0 amide bonds. The molecular weight excluding hydrogens is 286 g/mol. The summed E-state index contributed by atoms with van der Waals surface area (Å²) in [6, 6.07) is 0.235. The topological polar surface area (TPSA) is 39.1 Å². The molecule has 120 valence electrons. The van der Waals surface area contributed by atoms with Gasteiger partial charge in [0.25, 0.3) is 0 Å². The molecule has 2 rings (SSSR count). The monoisotopic (exact) mass is 313 g/mol. The van der Waals surface area contributed by atoms with Gasteiger partial charge >= 0.3 is 0 Å². The number of halogens is 1. The van der Waals surface area contributed by atoms with Crippen molar-refractivity contribution in [2.24, 2.45) is 5.92 Å². The number of nitrogens with zero attached hydrogens (tertiary/aromatic N) is 2. The van der Waals surface area contributed by atoms with Gasteiger partial charge in [-0.05, 0) is 32.2 Å². The highest BCUT2D eigenvalue weighted by molar-refractivity contribution is 6.31. The van der Waals surface area contributed by atoms with Crippen molar-refractivity contribution in [3.63, 3.8) is 0 Å². The van der Waals surface area contributed by atoms with Gasteiger partial charge in [-0.2, -0.15) is 5.10 Å². The summed E-state index contributed by atoms with van der Waals surface area (Å²) in [7, 11) is 0. The smallest absolute Gasteiger partial charge is 0.0834 e. The molecule has 1 fully saturated rings. The maximum absolute atomic E-state index is 6.46. The fourth-order valence-corrected chi connectivity index (χ4v) is 3.55. The van der Waals surface area contributed by atoms with Gasteiger partial charge in [-0.1, -0.05) is 32.4 Å². The van der Waals surface area contributed by atoms with E-state index in [2.05, 4.69) is 35.9 Å². The van der Waals surface area contributed by atoms with Crippen molar-refractivity contribution < 1.29 is 4.74 Å². The van der Waals surface area contributed by atoms with Crippen LogP contribution >= 0.6 is 11.6 Å². The lowest BCUT2D eigenvalue weighted by Gasteiger charge is -2.29. The third kappa shape index (κ3) is 3.79. The van der Waals surface area contributed by atoms with E-state index in [0.717, 1.165) is 56.1 Å². The number of hydrogen-bond acceptors (Lipinski definition) is 3. The van der Waals surface area contributed by atoms with Gasteiger partial charge in [-0.15, -0.1) is 0 Å². The van der Waals surface area contributed by atoms with Crippen molar-refractivity contribution >= 4 is 11.6 Å². The molecule has 0 aliphatic carbocycles. The van der Waals surface area contributed by atoms with Crippen LogP contribution in [0.4, 0.5) is 0 Å². The van der Waals surface area contributed by atoms with Crippen LogP contribution in [-0.2, 0) is 11.3 Å². The normalized spacial score (nSPS) is 23.6. The van der Waals surface area contributed by atoms with E-state index in [-0.39, 0.29) is 6.04 Å². The summed E-state index contributed by atoms with van der Waals surface area (Å²) >= 11 is 6.46. The van der Waals surface area contributed by atoms with Gasteiger partial charge < -0.3 is 10.1 Å². The lowest BCUT2D eigenvalue weighted by atomic mass is 9.89. The van der Waals surface area contributed by atoms with E-state index in [4.69, 9.17) is 16.3 Å². The molecule has 1 aromatic heterocycles. The van der Waals surface area contributed by atoms with Crippen molar-refractivity contribution in [2.75, 3.05) is 13.2 Å². The SMILES string of the molecule is CCCNC(c1c(Cl)cnn1CCC)C1CCOC1CC. The second-order valence-corrected chi connectivity index (χ2v) is 6.21. The molecular formula is C16H28ClN3O. The molecule has 1 aliphatic rings. The first-order valence-corrected chi connectivity index (χ1v) is 8.66. The fraction of sp³-hybridized carbons (Fsp3) is 0.812. The molecule has 0 spiro atoms. The lowest BCUT2D eigenvalue weighted by Crippen LogP contribution is -2.35. The molecule has 0 saturated carbocycles. The summed E-state index contributed by atoms with van der Waals surface area (Å²) in [5.41, 5.74) is 1.14. The Morgan fingerprint density at radius 2 is 2.24 bits per heavy atom. The Morgan fingerprint density at radius 3 is 2.90 bits per heavy atom. The van der Waals surface area contributed by atoms with Crippen LogP contribution in [0, 0.1) is 5.92 Å². The van der Waals surface area contributed by atoms with E-state index in [0.29, 0.717) is 12.0 Å².